The molecule has 0 radical (unpaired) electrons. The van der Waals surface area contributed by atoms with E-state index >= 15 is 0 Å². The molecule has 3 aromatic rings. The number of furan rings is 1. The summed E-state index contributed by atoms with van der Waals surface area (Å²) in [4.78, 5) is 17.7. The predicted octanol–water partition coefficient (Wildman–Crippen LogP) is 6.06. The number of rotatable bonds is 4. The van der Waals surface area contributed by atoms with Gasteiger partial charge in [0.25, 0.3) is 5.91 Å². The maximum atomic E-state index is 12.6. The fourth-order valence-electron chi connectivity index (χ4n) is 3.03. The lowest BCUT2D eigenvalue weighted by Crippen LogP contribution is -2.35. The van der Waals surface area contributed by atoms with Gasteiger partial charge in [-0.05, 0) is 61.2 Å². The van der Waals surface area contributed by atoms with E-state index in [0.29, 0.717) is 26.1 Å². The molecule has 5 rings (SSSR count). The number of hydrazone groups is 1. The van der Waals surface area contributed by atoms with Crippen molar-refractivity contribution in [3.8, 4) is 0 Å². The molecule has 0 atom stereocenters. The lowest BCUT2D eigenvalue weighted by Gasteiger charge is -2.19. The number of halogens is 1. The number of benzene rings is 2. The molecular weight excluding hydrogens is 464 g/mol. The Labute approximate surface area is 197 Å². The van der Waals surface area contributed by atoms with Crippen molar-refractivity contribution in [2.45, 2.75) is 16.9 Å². The zero-order valence-electron chi connectivity index (χ0n) is 16.7. The number of nitrogens with zero attached hydrogens (tertiary/aromatic N) is 3. The second kappa shape index (κ2) is 8.46. The molecule has 0 saturated carbocycles. The third-order valence-electron chi connectivity index (χ3n) is 4.67. The molecule has 2 aromatic carbocycles. The zero-order valence-corrected chi connectivity index (χ0v) is 19.1. The first-order chi connectivity index (χ1) is 15.5. The monoisotopic (exact) mass is 478 g/mol. The van der Waals surface area contributed by atoms with Gasteiger partial charge in [-0.15, -0.1) is 0 Å². The summed E-state index contributed by atoms with van der Waals surface area (Å²) in [5, 5.41) is 16.8. The van der Waals surface area contributed by atoms with Crippen molar-refractivity contribution in [2.75, 3.05) is 0 Å². The molecule has 0 bridgehead atoms. The molecule has 32 heavy (non-hydrogen) atoms. The third kappa shape index (κ3) is 4.17. The van der Waals surface area contributed by atoms with Gasteiger partial charge >= 0.3 is 0 Å². The fourth-order valence-corrected chi connectivity index (χ4v) is 4.83. The number of hydrogen-bond donors (Lipinski definition) is 1. The van der Waals surface area contributed by atoms with E-state index in [1.165, 1.54) is 34.6 Å². The Balaban J connectivity index is 1.38. The summed E-state index contributed by atoms with van der Waals surface area (Å²) >= 11 is 8.64. The van der Waals surface area contributed by atoms with Crippen LogP contribution in [-0.4, -0.2) is 27.0 Å². The summed E-state index contributed by atoms with van der Waals surface area (Å²) in [7, 11) is 0. The van der Waals surface area contributed by atoms with Crippen LogP contribution in [0.3, 0.4) is 0 Å². The van der Waals surface area contributed by atoms with Crippen LogP contribution in [0.4, 0.5) is 0 Å². The van der Waals surface area contributed by atoms with Crippen LogP contribution in [0.1, 0.15) is 16.9 Å². The summed E-state index contributed by atoms with van der Waals surface area (Å²) in [5.41, 5.74) is 2.19. The topological polar surface area (TPSA) is 82.0 Å². The number of aryl methyl sites for hydroxylation is 1. The van der Waals surface area contributed by atoms with Crippen LogP contribution in [0.2, 0.25) is 5.02 Å². The molecule has 0 fully saturated rings. The minimum atomic E-state index is -0.489. The van der Waals surface area contributed by atoms with Gasteiger partial charge in [-0.25, -0.2) is 0 Å². The van der Waals surface area contributed by atoms with Gasteiger partial charge in [-0.1, -0.05) is 53.2 Å². The van der Waals surface area contributed by atoms with E-state index in [1.807, 2.05) is 61.5 Å². The molecule has 1 N–H and O–H groups in total. The van der Waals surface area contributed by atoms with E-state index in [2.05, 4.69) is 10.1 Å². The van der Waals surface area contributed by atoms with Gasteiger partial charge in [0.1, 0.15) is 10.8 Å². The third-order valence-corrected chi connectivity index (χ3v) is 6.81. The molecule has 1 aromatic heterocycles. The largest absolute Gasteiger partial charge is 0.450 e. The first kappa shape index (κ1) is 20.8. The van der Waals surface area contributed by atoms with Gasteiger partial charge in [-0.2, -0.15) is 15.1 Å². The second-order valence-corrected chi connectivity index (χ2v) is 9.47. The van der Waals surface area contributed by atoms with Crippen LogP contribution in [0.5, 0.6) is 0 Å². The quantitative estimate of drug-likeness (QED) is 0.461. The van der Waals surface area contributed by atoms with Gasteiger partial charge in [0, 0.05) is 15.5 Å². The number of nitrogens with one attached hydrogen (secondary N) is 1. The summed E-state index contributed by atoms with van der Waals surface area (Å²) < 4.78 is 5.83. The molecule has 158 valence electrons. The van der Waals surface area contributed by atoms with Crippen LogP contribution in [0.15, 0.2) is 90.7 Å². The van der Waals surface area contributed by atoms with E-state index < -0.39 is 5.91 Å². The number of fused-ring (bicyclic) bond motifs is 1. The van der Waals surface area contributed by atoms with E-state index in [-0.39, 0.29) is 11.4 Å². The lowest BCUT2D eigenvalue weighted by atomic mass is 10.1. The average molecular weight is 479 g/mol. The van der Waals surface area contributed by atoms with Crippen molar-refractivity contribution in [2.24, 2.45) is 10.1 Å². The number of hydrogen-bond acceptors (Lipinski definition) is 6. The molecule has 0 unspecified atom stereocenters. The molecule has 1 amide bonds. The number of amidine groups is 2. The van der Waals surface area contributed by atoms with Crippen LogP contribution in [0.25, 0.3) is 6.08 Å². The molecule has 0 spiro atoms. The Morgan fingerprint density at radius 1 is 1.09 bits per heavy atom. The SMILES string of the molecule is Cc1ccc(C2=NN3C(=N)/C(=C/c4ccc(Sc5ccc(Cl)cc5)o4)C(=O)N=C3S2)cc1. The molecule has 3 heterocycles. The number of aliphatic imine (C=N–C) groups is 1. The normalized spacial score (nSPS) is 16.9. The maximum absolute atomic E-state index is 12.6. The van der Waals surface area contributed by atoms with Crippen LogP contribution < -0.4 is 0 Å². The molecule has 0 saturated heterocycles. The summed E-state index contributed by atoms with van der Waals surface area (Å²) in [6, 6.07) is 18.9. The van der Waals surface area contributed by atoms with Crippen molar-refractivity contribution in [1.82, 2.24) is 5.01 Å². The highest BCUT2D eigenvalue weighted by molar-refractivity contribution is 8.27. The Kier molecular flexibility index (Phi) is 5.50. The van der Waals surface area contributed by atoms with Crippen LogP contribution in [-0.2, 0) is 4.79 Å². The van der Waals surface area contributed by atoms with Crippen LogP contribution in [0, 0.1) is 12.3 Å². The van der Waals surface area contributed by atoms with E-state index in [4.69, 9.17) is 21.4 Å². The molecule has 9 heteroatoms. The number of carbonyl (C=O) groups excluding carboxylic acids is 1. The van der Waals surface area contributed by atoms with Gasteiger partial charge in [-0.3, -0.25) is 10.2 Å². The maximum Gasteiger partial charge on any atom is 0.283 e. The highest BCUT2D eigenvalue weighted by atomic mass is 35.5. The lowest BCUT2D eigenvalue weighted by molar-refractivity contribution is -0.114. The first-order valence-electron chi connectivity index (χ1n) is 9.57. The van der Waals surface area contributed by atoms with Crippen molar-refractivity contribution in [3.63, 3.8) is 0 Å². The Morgan fingerprint density at radius 3 is 2.59 bits per heavy atom. The first-order valence-corrected chi connectivity index (χ1v) is 11.6. The summed E-state index contributed by atoms with van der Waals surface area (Å²) in [6.07, 6.45) is 1.53. The van der Waals surface area contributed by atoms with Gasteiger partial charge < -0.3 is 4.42 Å². The Morgan fingerprint density at radius 2 is 1.84 bits per heavy atom. The molecule has 0 aliphatic carbocycles. The highest BCUT2D eigenvalue weighted by Crippen LogP contribution is 2.33. The van der Waals surface area contributed by atoms with Crippen LogP contribution >= 0.6 is 35.1 Å². The number of carbonyl (C=O) groups is 1. The minimum Gasteiger partial charge on any atom is -0.450 e. The summed E-state index contributed by atoms with van der Waals surface area (Å²) in [6.45, 7) is 2.01. The Hall–Kier alpha value is -3.07. The van der Waals surface area contributed by atoms with Gasteiger partial charge in [0.15, 0.2) is 10.9 Å². The smallest absolute Gasteiger partial charge is 0.283 e. The number of amides is 1. The van der Waals surface area contributed by atoms with E-state index in [0.717, 1.165) is 16.0 Å². The Bertz CT molecular complexity index is 1320. The van der Waals surface area contributed by atoms with Crippen molar-refractivity contribution in [3.05, 3.63) is 88.1 Å². The van der Waals surface area contributed by atoms with E-state index in [1.54, 1.807) is 6.07 Å². The van der Waals surface area contributed by atoms with Crippen molar-refractivity contribution in [1.29, 1.82) is 5.41 Å². The van der Waals surface area contributed by atoms with Gasteiger partial charge in [0.2, 0.25) is 5.17 Å². The molecule has 2 aliphatic heterocycles. The standard InChI is InChI=1S/C23H15ClN4O2S2/c1-13-2-4-14(5-3-13)22-27-28-20(25)18(21(29)26-23(28)32-22)12-16-8-11-19(30-16)31-17-9-6-15(24)7-10-17/h2-12,25H,1H3/b18-12-,25-20?. The van der Waals surface area contributed by atoms with Crippen molar-refractivity contribution < 1.29 is 9.21 Å². The van der Waals surface area contributed by atoms with Crippen molar-refractivity contribution >= 4 is 63.2 Å². The minimum absolute atomic E-state index is 0.0297. The highest BCUT2D eigenvalue weighted by Gasteiger charge is 2.36. The molecular formula is C23H15ClN4O2S2. The fraction of sp³-hybridized carbons (Fsp3) is 0.0435. The average Bonchev–Trinajstić information content (AvgIpc) is 3.40. The zero-order chi connectivity index (χ0) is 22.2. The summed E-state index contributed by atoms with van der Waals surface area (Å²) in [5.74, 6) is -0.0573. The second-order valence-electron chi connectivity index (χ2n) is 7.00. The predicted molar refractivity (Wildman–Crippen MR) is 130 cm³/mol. The number of thioether (sulfide) groups is 1. The van der Waals surface area contributed by atoms with Gasteiger partial charge in [0.05, 0.1) is 5.57 Å². The van der Waals surface area contributed by atoms with E-state index in [9.17, 15) is 4.79 Å². The molecule has 6 nitrogen and oxygen atoms in total. The molecule has 2 aliphatic rings.